The molecule has 0 unspecified atom stereocenters. The average molecular weight is 275 g/mol. The molecule has 2 fully saturated rings. The third-order valence-electron chi connectivity index (χ3n) is 2.30. The van der Waals surface area contributed by atoms with Crippen molar-refractivity contribution in [3.8, 4) is 0 Å². The van der Waals surface area contributed by atoms with Gasteiger partial charge in [-0.15, -0.1) is 24.8 Å². The van der Waals surface area contributed by atoms with Gasteiger partial charge in [0.2, 0.25) is 0 Å². The predicted molar refractivity (Wildman–Crippen MR) is 71.8 cm³/mol. The monoisotopic (exact) mass is 274 g/mol. The molecule has 16 heavy (non-hydrogen) atoms. The maximum Gasteiger partial charge on any atom is 0.0254 e. The van der Waals surface area contributed by atoms with Gasteiger partial charge in [-0.2, -0.15) is 0 Å². The minimum Gasteiger partial charge on any atom is -0.314 e. The Labute approximate surface area is 110 Å². The van der Waals surface area contributed by atoms with E-state index in [1.165, 1.54) is 0 Å². The number of nitrogens with two attached hydrogens (primary N) is 2. The summed E-state index contributed by atoms with van der Waals surface area (Å²) in [6.07, 6.45) is 0. The SMILES string of the molecule is Cl.Cl.NN1CCNCC1.NN1CCNCC1. The van der Waals surface area contributed by atoms with Crippen molar-refractivity contribution >= 4 is 24.8 Å². The molecule has 6 nitrogen and oxygen atoms in total. The second kappa shape index (κ2) is 11.8. The Balaban J connectivity index is 0. The van der Waals surface area contributed by atoms with Crippen LogP contribution in [0.4, 0.5) is 0 Å². The average Bonchev–Trinajstić information content (AvgIpc) is 2.21. The molecule has 0 saturated carbocycles. The predicted octanol–water partition coefficient (Wildman–Crippen LogP) is -1.63. The van der Waals surface area contributed by atoms with E-state index in [9.17, 15) is 0 Å². The maximum atomic E-state index is 5.43. The summed E-state index contributed by atoms with van der Waals surface area (Å²) >= 11 is 0. The van der Waals surface area contributed by atoms with Crippen molar-refractivity contribution in [3.63, 3.8) is 0 Å². The summed E-state index contributed by atoms with van der Waals surface area (Å²) in [6.45, 7) is 8.10. The molecule has 0 bridgehead atoms. The van der Waals surface area contributed by atoms with E-state index in [1.807, 2.05) is 10.0 Å². The number of nitrogens with one attached hydrogen (secondary N) is 2. The van der Waals surface area contributed by atoms with E-state index in [4.69, 9.17) is 11.7 Å². The van der Waals surface area contributed by atoms with Gasteiger partial charge in [0.05, 0.1) is 0 Å². The molecule has 2 aliphatic rings. The fourth-order valence-electron chi connectivity index (χ4n) is 1.36. The summed E-state index contributed by atoms with van der Waals surface area (Å²) in [7, 11) is 0. The fourth-order valence-corrected chi connectivity index (χ4v) is 1.36. The molecule has 6 N–H and O–H groups in total. The second-order valence-electron chi connectivity index (χ2n) is 3.57. The van der Waals surface area contributed by atoms with Crippen molar-refractivity contribution in [1.29, 1.82) is 0 Å². The van der Waals surface area contributed by atoms with Crippen molar-refractivity contribution in [2.75, 3.05) is 52.4 Å². The molecule has 0 aliphatic carbocycles. The van der Waals surface area contributed by atoms with Crippen molar-refractivity contribution in [1.82, 2.24) is 20.7 Å². The van der Waals surface area contributed by atoms with Crippen LogP contribution >= 0.6 is 24.8 Å². The van der Waals surface area contributed by atoms with Gasteiger partial charge in [0.1, 0.15) is 0 Å². The molecule has 2 rings (SSSR count). The minimum atomic E-state index is 0. The minimum absolute atomic E-state index is 0. The Morgan fingerprint density at radius 1 is 0.625 bits per heavy atom. The van der Waals surface area contributed by atoms with E-state index in [-0.39, 0.29) is 24.8 Å². The van der Waals surface area contributed by atoms with Crippen LogP contribution in [0.2, 0.25) is 0 Å². The first-order chi connectivity index (χ1) is 6.79. The molecule has 0 spiro atoms. The third kappa shape index (κ3) is 9.56. The second-order valence-corrected chi connectivity index (χ2v) is 3.57. The van der Waals surface area contributed by atoms with Gasteiger partial charge in [-0.25, -0.2) is 10.0 Å². The Hall–Kier alpha value is 0.340. The number of hydrazine groups is 2. The number of rotatable bonds is 0. The quantitative estimate of drug-likeness (QED) is 0.398. The lowest BCUT2D eigenvalue weighted by atomic mass is 10.4. The zero-order valence-electron chi connectivity index (χ0n) is 9.52. The van der Waals surface area contributed by atoms with E-state index in [2.05, 4.69) is 10.6 Å². The van der Waals surface area contributed by atoms with Crippen LogP contribution in [0.1, 0.15) is 0 Å². The van der Waals surface area contributed by atoms with Gasteiger partial charge in [0.25, 0.3) is 0 Å². The van der Waals surface area contributed by atoms with Gasteiger partial charge in [0.15, 0.2) is 0 Å². The van der Waals surface area contributed by atoms with Crippen molar-refractivity contribution in [2.24, 2.45) is 11.7 Å². The van der Waals surface area contributed by atoms with Crippen LogP contribution in [0.3, 0.4) is 0 Å². The number of hydrogen-bond donors (Lipinski definition) is 4. The van der Waals surface area contributed by atoms with Gasteiger partial charge < -0.3 is 10.6 Å². The zero-order valence-corrected chi connectivity index (χ0v) is 11.2. The van der Waals surface area contributed by atoms with E-state index < -0.39 is 0 Å². The summed E-state index contributed by atoms with van der Waals surface area (Å²) in [5.41, 5.74) is 0. The first-order valence-corrected chi connectivity index (χ1v) is 5.20. The molecule has 0 aromatic heterocycles. The molecule has 0 radical (unpaired) electrons. The summed E-state index contributed by atoms with van der Waals surface area (Å²) in [5.74, 6) is 10.9. The van der Waals surface area contributed by atoms with Gasteiger partial charge in [0, 0.05) is 52.4 Å². The van der Waals surface area contributed by atoms with Crippen LogP contribution in [0.5, 0.6) is 0 Å². The Morgan fingerprint density at radius 3 is 1.00 bits per heavy atom. The highest BCUT2D eigenvalue weighted by atomic mass is 35.5. The lowest BCUT2D eigenvalue weighted by Crippen LogP contribution is -2.47. The third-order valence-corrected chi connectivity index (χ3v) is 2.30. The van der Waals surface area contributed by atoms with Crippen LogP contribution in [0.15, 0.2) is 0 Å². The number of nitrogens with zero attached hydrogens (tertiary/aromatic N) is 2. The lowest BCUT2D eigenvalue weighted by Gasteiger charge is -2.21. The van der Waals surface area contributed by atoms with Crippen molar-refractivity contribution < 1.29 is 0 Å². The first kappa shape index (κ1) is 18.7. The largest absolute Gasteiger partial charge is 0.314 e. The topological polar surface area (TPSA) is 82.6 Å². The first-order valence-electron chi connectivity index (χ1n) is 5.20. The molecule has 0 aromatic carbocycles. The van der Waals surface area contributed by atoms with Gasteiger partial charge in [-0.3, -0.25) is 11.7 Å². The maximum absolute atomic E-state index is 5.43. The smallest absolute Gasteiger partial charge is 0.0254 e. The van der Waals surface area contributed by atoms with Crippen LogP contribution in [0.25, 0.3) is 0 Å². The molecule has 0 aromatic rings. The Kier molecular flexibility index (Phi) is 13.8. The van der Waals surface area contributed by atoms with Crippen molar-refractivity contribution in [3.05, 3.63) is 0 Å². The summed E-state index contributed by atoms with van der Waals surface area (Å²) in [5, 5.41) is 10.0. The van der Waals surface area contributed by atoms with E-state index in [1.54, 1.807) is 0 Å². The van der Waals surface area contributed by atoms with Gasteiger partial charge in [-0.1, -0.05) is 0 Å². The molecule has 2 aliphatic heterocycles. The molecular formula is C8H24Cl2N6. The number of hydrogen-bond acceptors (Lipinski definition) is 6. The van der Waals surface area contributed by atoms with Gasteiger partial charge >= 0.3 is 0 Å². The van der Waals surface area contributed by atoms with E-state index in [0.29, 0.717) is 0 Å². The molecule has 0 amide bonds. The van der Waals surface area contributed by atoms with Gasteiger partial charge in [-0.05, 0) is 0 Å². The zero-order chi connectivity index (χ0) is 10.2. The molecule has 100 valence electrons. The standard InChI is InChI=1S/2C4H11N3.2ClH/c2*5-7-3-1-6-2-4-7;;/h2*6H,1-5H2;2*1H. The Morgan fingerprint density at radius 2 is 0.875 bits per heavy atom. The molecule has 2 saturated heterocycles. The van der Waals surface area contributed by atoms with Crippen LogP contribution in [-0.2, 0) is 0 Å². The fraction of sp³-hybridized carbons (Fsp3) is 1.00. The van der Waals surface area contributed by atoms with Crippen LogP contribution < -0.4 is 22.3 Å². The van der Waals surface area contributed by atoms with Crippen LogP contribution in [0, 0.1) is 0 Å². The summed E-state index contributed by atoms with van der Waals surface area (Å²) in [6, 6.07) is 0. The van der Waals surface area contributed by atoms with Crippen LogP contribution in [-0.4, -0.2) is 62.4 Å². The highest BCUT2D eigenvalue weighted by Crippen LogP contribution is 1.79. The summed E-state index contributed by atoms with van der Waals surface area (Å²) < 4.78 is 0. The van der Waals surface area contributed by atoms with E-state index >= 15 is 0 Å². The molecular weight excluding hydrogens is 251 g/mol. The normalized spacial score (nSPS) is 22.1. The molecule has 2 heterocycles. The molecule has 0 atom stereocenters. The highest BCUT2D eigenvalue weighted by molar-refractivity contribution is 5.85. The van der Waals surface area contributed by atoms with Crippen molar-refractivity contribution in [2.45, 2.75) is 0 Å². The highest BCUT2D eigenvalue weighted by Gasteiger charge is 2.02. The number of piperazine rings is 2. The van der Waals surface area contributed by atoms with E-state index in [0.717, 1.165) is 52.4 Å². The Bertz CT molecular complexity index is 122. The molecule has 8 heteroatoms. The summed E-state index contributed by atoms with van der Waals surface area (Å²) in [4.78, 5) is 0. The number of halogens is 2. The lowest BCUT2D eigenvalue weighted by molar-refractivity contribution is 0.248.